The molecule has 0 spiro atoms. The third-order valence-corrected chi connectivity index (χ3v) is 6.25. The van der Waals surface area contributed by atoms with Gasteiger partial charge in [-0.05, 0) is 69.7 Å². The van der Waals surface area contributed by atoms with Crippen LogP contribution in [0.2, 0.25) is 5.02 Å². The van der Waals surface area contributed by atoms with Gasteiger partial charge in [-0.3, -0.25) is 15.0 Å². The fourth-order valence-corrected chi connectivity index (χ4v) is 4.65. The average molecular weight is 465 g/mol. The van der Waals surface area contributed by atoms with Crippen LogP contribution in [-0.4, -0.2) is 47.3 Å². The minimum atomic E-state index is -0.556. The molecular weight excluding hydrogens is 428 g/mol. The number of alkyl carbamates (subject to hydrolysis) is 1. The van der Waals surface area contributed by atoms with Crippen molar-refractivity contribution < 1.29 is 14.3 Å². The number of nitrogens with one attached hydrogen (secondary N) is 3. The minimum absolute atomic E-state index is 0.0502. The van der Waals surface area contributed by atoms with E-state index in [1.807, 2.05) is 32.9 Å². The Hall–Kier alpha value is -1.83. The molecule has 3 rings (SSSR count). The van der Waals surface area contributed by atoms with E-state index in [0.717, 1.165) is 36.9 Å². The lowest BCUT2D eigenvalue weighted by molar-refractivity contribution is -0.127. The van der Waals surface area contributed by atoms with Crippen LogP contribution in [0.1, 0.15) is 70.9 Å². The Labute approximate surface area is 196 Å². The van der Waals surface area contributed by atoms with Gasteiger partial charge in [0.2, 0.25) is 5.91 Å². The molecule has 3 atom stereocenters. The maximum atomic E-state index is 13.0. The molecule has 178 valence electrons. The quantitative estimate of drug-likeness (QED) is 0.543. The summed E-state index contributed by atoms with van der Waals surface area (Å²) in [6, 6.07) is 5.98. The zero-order valence-corrected chi connectivity index (χ0v) is 20.4. The SMILES string of the molecule is CCCC1CC(N2CCCC2C(=O)NCc2cc(Cl)ccc2CNC(=O)OC(C)(C)C)N1. The molecule has 2 aliphatic rings. The van der Waals surface area contributed by atoms with Crippen LogP contribution in [0.25, 0.3) is 0 Å². The molecule has 0 aromatic heterocycles. The Morgan fingerprint density at radius 1 is 1.22 bits per heavy atom. The van der Waals surface area contributed by atoms with Crippen molar-refractivity contribution in [2.45, 2.75) is 96.7 Å². The number of hydrogen-bond acceptors (Lipinski definition) is 5. The summed E-state index contributed by atoms with van der Waals surface area (Å²) >= 11 is 6.20. The van der Waals surface area contributed by atoms with Crippen molar-refractivity contribution in [1.29, 1.82) is 0 Å². The second-order valence-electron chi connectivity index (χ2n) is 9.79. The second kappa shape index (κ2) is 10.9. The fourth-order valence-electron chi connectivity index (χ4n) is 4.45. The fraction of sp³-hybridized carbons (Fsp3) is 0.667. The summed E-state index contributed by atoms with van der Waals surface area (Å²) in [6.07, 6.45) is 5.24. The number of nitrogens with zero attached hydrogens (tertiary/aromatic N) is 1. The predicted molar refractivity (Wildman–Crippen MR) is 126 cm³/mol. The number of halogens is 1. The third-order valence-electron chi connectivity index (χ3n) is 6.01. The van der Waals surface area contributed by atoms with Crippen LogP contribution in [0.3, 0.4) is 0 Å². The molecule has 2 aliphatic heterocycles. The smallest absolute Gasteiger partial charge is 0.407 e. The van der Waals surface area contributed by atoms with Crippen molar-refractivity contribution in [2.24, 2.45) is 0 Å². The molecule has 8 heteroatoms. The zero-order chi connectivity index (χ0) is 23.3. The van der Waals surface area contributed by atoms with Crippen LogP contribution in [0.4, 0.5) is 4.79 Å². The van der Waals surface area contributed by atoms with E-state index in [9.17, 15) is 9.59 Å². The van der Waals surface area contributed by atoms with Gasteiger partial charge in [-0.15, -0.1) is 0 Å². The first-order chi connectivity index (χ1) is 15.2. The van der Waals surface area contributed by atoms with Crippen LogP contribution in [0.5, 0.6) is 0 Å². The average Bonchev–Trinajstić information content (AvgIpc) is 3.15. The van der Waals surface area contributed by atoms with Gasteiger partial charge in [0.15, 0.2) is 0 Å². The summed E-state index contributed by atoms with van der Waals surface area (Å²) in [4.78, 5) is 27.3. The highest BCUT2D eigenvalue weighted by Gasteiger charge is 2.40. The van der Waals surface area contributed by atoms with Gasteiger partial charge in [-0.1, -0.05) is 31.0 Å². The molecule has 0 radical (unpaired) electrons. The Kier molecular flexibility index (Phi) is 8.42. The zero-order valence-electron chi connectivity index (χ0n) is 19.7. The highest BCUT2D eigenvalue weighted by Crippen LogP contribution is 2.27. The molecule has 2 saturated heterocycles. The van der Waals surface area contributed by atoms with E-state index in [-0.39, 0.29) is 11.9 Å². The number of amides is 2. The van der Waals surface area contributed by atoms with Crippen LogP contribution in [0, 0.1) is 0 Å². The molecule has 0 bridgehead atoms. The van der Waals surface area contributed by atoms with Gasteiger partial charge in [0.05, 0.1) is 12.2 Å². The molecular formula is C24H37ClN4O3. The number of carbonyl (C=O) groups excluding carboxylic acids is 2. The summed E-state index contributed by atoms with van der Waals surface area (Å²) in [5.74, 6) is 0.0502. The van der Waals surface area contributed by atoms with Crippen molar-refractivity contribution in [2.75, 3.05) is 6.54 Å². The van der Waals surface area contributed by atoms with E-state index < -0.39 is 11.7 Å². The van der Waals surface area contributed by atoms with E-state index in [4.69, 9.17) is 16.3 Å². The molecule has 3 N–H and O–H groups in total. The van der Waals surface area contributed by atoms with E-state index >= 15 is 0 Å². The molecule has 3 unspecified atom stereocenters. The highest BCUT2D eigenvalue weighted by molar-refractivity contribution is 6.30. The summed E-state index contributed by atoms with van der Waals surface area (Å²) < 4.78 is 5.30. The summed E-state index contributed by atoms with van der Waals surface area (Å²) in [6.45, 7) is 9.30. The third kappa shape index (κ3) is 6.83. The summed E-state index contributed by atoms with van der Waals surface area (Å²) in [7, 11) is 0. The molecule has 0 aliphatic carbocycles. The van der Waals surface area contributed by atoms with Gasteiger partial charge >= 0.3 is 6.09 Å². The molecule has 2 heterocycles. The number of benzene rings is 1. The molecule has 1 aromatic carbocycles. The normalized spacial score (nSPS) is 23.5. The number of likely N-dealkylation sites (tertiary alicyclic amines) is 1. The predicted octanol–water partition coefficient (Wildman–Crippen LogP) is 3.93. The standard InChI is InChI=1S/C24H37ClN4O3/c1-5-7-19-13-21(28-19)29-11-6-8-20(29)22(30)26-15-17-12-18(25)10-9-16(17)14-27-23(31)32-24(2,3)4/h9-10,12,19-21,28H,5-8,11,13-15H2,1-4H3,(H,26,30)(H,27,31). The van der Waals surface area contributed by atoms with Crippen molar-refractivity contribution in [3.8, 4) is 0 Å². The first-order valence-corrected chi connectivity index (χ1v) is 12.1. The Balaban J connectivity index is 1.55. The van der Waals surface area contributed by atoms with Crippen LogP contribution >= 0.6 is 11.6 Å². The molecule has 2 fully saturated rings. The number of carbonyl (C=O) groups is 2. The lowest BCUT2D eigenvalue weighted by Crippen LogP contribution is -2.63. The Morgan fingerprint density at radius 3 is 2.62 bits per heavy atom. The minimum Gasteiger partial charge on any atom is -0.444 e. The van der Waals surface area contributed by atoms with Gasteiger partial charge in [-0.25, -0.2) is 4.79 Å². The molecule has 2 amide bonds. The largest absolute Gasteiger partial charge is 0.444 e. The first kappa shape index (κ1) is 24.8. The van der Waals surface area contributed by atoms with Crippen molar-refractivity contribution in [3.63, 3.8) is 0 Å². The van der Waals surface area contributed by atoms with Gasteiger partial charge in [-0.2, -0.15) is 0 Å². The molecule has 7 nitrogen and oxygen atoms in total. The molecule has 1 aromatic rings. The van der Waals surface area contributed by atoms with E-state index in [1.54, 1.807) is 6.07 Å². The van der Waals surface area contributed by atoms with Crippen molar-refractivity contribution in [3.05, 3.63) is 34.3 Å². The lowest BCUT2D eigenvalue weighted by Gasteiger charge is -2.44. The molecule has 32 heavy (non-hydrogen) atoms. The van der Waals surface area contributed by atoms with Crippen molar-refractivity contribution in [1.82, 2.24) is 20.9 Å². The van der Waals surface area contributed by atoms with Crippen LogP contribution < -0.4 is 16.0 Å². The van der Waals surface area contributed by atoms with Crippen molar-refractivity contribution >= 4 is 23.6 Å². The monoisotopic (exact) mass is 464 g/mol. The lowest BCUT2D eigenvalue weighted by atomic mass is 9.97. The highest BCUT2D eigenvalue weighted by atomic mass is 35.5. The van der Waals surface area contributed by atoms with Gasteiger partial charge in [0, 0.05) is 30.7 Å². The molecule has 0 saturated carbocycles. The van der Waals surface area contributed by atoms with Crippen LogP contribution in [-0.2, 0) is 22.6 Å². The first-order valence-electron chi connectivity index (χ1n) is 11.7. The van der Waals surface area contributed by atoms with Crippen LogP contribution in [0.15, 0.2) is 18.2 Å². The van der Waals surface area contributed by atoms with E-state index in [0.29, 0.717) is 30.3 Å². The summed E-state index contributed by atoms with van der Waals surface area (Å²) in [5, 5.41) is 10.1. The Morgan fingerprint density at radius 2 is 1.94 bits per heavy atom. The van der Waals surface area contributed by atoms with E-state index in [2.05, 4.69) is 27.8 Å². The van der Waals surface area contributed by atoms with E-state index in [1.165, 1.54) is 12.8 Å². The number of hydrogen-bond donors (Lipinski definition) is 3. The van der Waals surface area contributed by atoms with Gasteiger partial charge < -0.3 is 15.4 Å². The Bertz CT molecular complexity index is 805. The maximum absolute atomic E-state index is 13.0. The number of ether oxygens (including phenoxy) is 1. The second-order valence-corrected chi connectivity index (χ2v) is 10.2. The maximum Gasteiger partial charge on any atom is 0.407 e. The number of rotatable bonds is 8. The van der Waals surface area contributed by atoms with Gasteiger partial charge in [0.1, 0.15) is 5.60 Å². The summed E-state index contributed by atoms with van der Waals surface area (Å²) in [5.41, 5.74) is 1.23. The topological polar surface area (TPSA) is 82.7 Å². The van der Waals surface area contributed by atoms with Gasteiger partial charge in [0.25, 0.3) is 0 Å².